The van der Waals surface area contributed by atoms with Gasteiger partial charge in [0.15, 0.2) is 6.29 Å². The van der Waals surface area contributed by atoms with E-state index in [2.05, 4.69) is 10.1 Å². The number of likely N-dealkylation sites (tertiary alicyclic amines) is 1. The van der Waals surface area contributed by atoms with E-state index in [0.717, 1.165) is 29.1 Å². The number of hydrogen-bond acceptors (Lipinski definition) is 6. The molecule has 0 aliphatic carbocycles. The molecule has 4 heterocycles. The van der Waals surface area contributed by atoms with Gasteiger partial charge in [-0.05, 0) is 25.0 Å². The Morgan fingerprint density at radius 2 is 1.86 bits per heavy atom. The van der Waals surface area contributed by atoms with Crippen LogP contribution in [0.3, 0.4) is 0 Å². The smallest absolute Gasteiger partial charge is 0.273 e. The first kappa shape index (κ1) is 18.5. The summed E-state index contributed by atoms with van der Waals surface area (Å²) in [5, 5.41) is 7.06. The van der Waals surface area contributed by atoms with Crippen LogP contribution in [0, 0.1) is 5.92 Å². The van der Waals surface area contributed by atoms with Gasteiger partial charge in [-0.25, -0.2) is 9.67 Å². The zero-order chi connectivity index (χ0) is 19.6. The summed E-state index contributed by atoms with van der Waals surface area (Å²) in [5.41, 5.74) is 2.40. The molecule has 7 nitrogen and oxygen atoms in total. The lowest BCUT2D eigenvalue weighted by atomic mass is 9.96. The number of thiazole rings is 1. The maximum Gasteiger partial charge on any atom is 0.273 e. The predicted octanol–water partition coefficient (Wildman–Crippen LogP) is 3.22. The number of hydrogen-bond donors (Lipinski definition) is 0. The van der Waals surface area contributed by atoms with Crippen molar-refractivity contribution in [2.24, 2.45) is 5.92 Å². The minimum atomic E-state index is -0.0979. The zero-order valence-electron chi connectivity index (χ0n) is 15.9. The van der Waals surface area contributed by atoms with Crippen LogP contribution in [0.15, 0.2) is 48.1 Å². The fourth-order valence-electron chi connectivity index (χ4n) is 3.85. The Kier molecular flexibility index (Phi) is 5.13. The molecule has 0 unspecified atom stereocenters. The van der Waals surface area contributed by atoms with E-state index in [9.17, 15) is 4.79 Å². The van der Waals surface area contributed by atoms with Gasteiger partial charge in [-0.1, -0.05) is 18.2 Å². The zero-order valence-corrected chi connectivity index (χ0v) is 16.8. The van der Waals surface area contributed by atoms with E-state index < -0.39 is 0 Å². The summed E-state index contributed by atoms with van der Waals surface area (Å²) < 4.78 is 13.0. The molecular formula is C21H22N4O3S. The molecule has 150 valence electrons. The van der Waals surface area contributed by atoms with Crippen molar-refractivity contribution in [3.8, 4) is 16.3 Å². The van der Waals surface area contributed by atoms with Crippen LogP contribution in [0.2, 0.25) is 0 Å². The first-order valence-electron chi connectivity index (χ1n) is 9.86. The molecule has 2 aromatic heterocycles. The molecule has 0 saturated carbocycles. The number of amides is 1. The average molecular weight is 410 g/mol. The average Bonchev–Trinajstić information content (AvgIpc) is 3.55. The van der Waals surface area contributed by atoms with Crippen LogP contribution < -0.4 is 0 Å². The van der Waals surface area contributed by atoms with E-state index in [1.165, 1.54) is 11.3 Å². The van der Waals surface area contributed by atoms with Crippen LogP contribution in [-0.4, -0.2) is 58.2 Å². The van der Waals surface area contributed by atoms with Crippen molar-refractivity contribution in [2.45, 2.75) is 19.1 Å². The highest BCUT2D eigenvalue weighted by molar-refractivity contribution is 7.13. The van der Waals surface area contributed by atoms with Crippen molar-refractivity contribution < 1.29 is 14.3 Å². The summed E-state index contributed by atoms with van der Waals surface area (Å²) in [6.07, 6.45) is 5.43. The molecule has 0 bridgehead atoms. The standard InChI is InChI=1S/C21H22N4O3S/c26-20(24-8-6-15(7-9-24)21-27-10-11-28-21)18-14-29-19(23-18)16-12-22-25(13-16)17-4-2-1-3-5-17/h1-5,12-15,21H,6-11H2. The SMILES string of the molecule is O=C(c1csc(-c2cnn(-c3ccccc3)c2)n1)N1CCC(C2OCCO2)CC1. The molecule has 2 aliphatic rings. The largest absolute Gasteiger partial charge is 0.350 e. The minimum absolute atomic E-state index is 0.00494. The molecule has 0 N–H and O–H groups in total. The first-order valence-corrected chi connectivity index (χ1v) is 10.7. The fraction of sp³-hybridized carbons (Fsp3) is 0.381. The topological polar surface area (TPSA) is 69.5 Å². The molecule has 29 heavy (non-hydrogen) atoms. The first-order chi connectivity index (χ1) is 14.3. The lowest BCUT2D eigenvalue weighted by Gasteiger charge is -2.33. The summed E-state index contributed by atoms with van der Waals surface area (Å²) >= 11 is 1.47. The summed E-state index contributed by atoms with van der Waals surface area (Å²) in [6.45, 7) is 2.77. The molecule has 2 saturated heterocycles. The lowest BCUT2D eigenvalue weighted by molar-refractivity contribution is -0.0956. The van der Waals surface area contributed by atoms with Gasteiger partial charge in [-0.3, -0.25) is 4.79 Å². The van der Waals surface area contributed by atoms with E-state index in [1.54, 1.807) is 6.20 Å². The third-order valence-corrected chi connectivity index (χ3v) is 6.32. The molecule has 5 rings (SSSR count). The summed E-state index contributed by atoms with van der Waals surface area (Å²) in [7, 11) is 0. The highest BCUT2D eigenvalue weighted by Crippen LogP contribution is 2.28. The summed E-state index contributed by atoms with van der Waals surface area (Å²) in [5.74, 6) is 0.367. The number of nitrogens with zero attached hydrogens (tertiary/aromatic N) is 4. The molecule has 2 aliphatic heterocycles. The lowest BCUT2D eigenvalue weighted by Crippen LogP contribution is -2.41. The Balaban J connectivity index is 1.24. The Morgan fingerprint density at radius 1 is 1.10 bits per heavy atom. The molecule has 0 spiro atoms. The highest BCUT2D eigenvalue weighted by Gasteiger charge is 2.32. The third kappa shape index (κ3) is 3.83. The van der Waals surface area contributed by atoms with Gasteiger partial charge in [0.1, 0.15) is 10.7 Å². The van der Waals surface area contributed by atoms with Crippen molar-refractivity contribution >= 4 is 17.2 Å². The molecule has 0 radical (unpaired) electrons. The van der Waals surface area contributed by atoms with Crippen molar-refractivity contribution in [3.05, 3.63) is 53.8 Å². The number of aromatic nitrogens is 3. The predicted molar refractivity (Wildman–Crippen MR) is 109 cm³/mol. The normalized spacial score (nSPS) is 18.4. The van der Waals surface area contributed by atoms with Crippen molar-refractivity contribution in [3.63, 3.8) is 0 Å². The van der Waals surface area contributed by atoms with Gasteiger partial charge in [0.25, 0.3) is 5.91 Å². The van der Waals surface area contributed by atoms with Gasteiger partial charge in [0.2, 0.25) is 0 Å². The number of carbonyl (C=O) groups is 1. The second-order valence-corrected chi connectivity index (χ2v) is 8.14. The maximum atomic E-state index is 12.9. The van der Waals surface area contributed by atoms with Crippen molar-refractivity contribution in [1.82, 2.24) is 19.7 Å². The molecule has 3 aromatic rings. The van der Waals surface area contributed by atoms with E-state index in [1.807, 2.05) is 51.5 Å². The minimum Gasteiger partial charge on any atom is -0.350 e. The second kappa shape index (κ2) is 8.06. The van der Waals surface area contributed by atoms with Gasteiger partial charge in [-0.2, -0.15) is 5.10 Å². The highest BCUT2D eigenvalue weighted by atomic mass is 32.1. The van der Waals surface area contributed by atoms with Crippen molar-refractivity contribution in [1.29, 1.82) is 0 Å². The van der Waals surface area contributed by atoms with E-state index in [4.69, 9.17) is 9.47 Å². The number of carbonyl (C=O) groups excluding carboxylic acids is 1. The molecule has 1 aromatic carbocycles. The monoisotopic (exact) mass is 410 g/mol. The Hall–Kier alpha value is -2.55. The van der Waals surface area contributed by atoms with Crippen LogP contribution >= 0.6 is 11.3 Å². The maximum absolute atomic E-state index is 12.9. The Morgan fingerprint density at radius 3 is 2.62 bits per heavy atom. The van der Waals surface area contributed by atoms with Crippen LogP contribution in [-0.2, 0) is 9.47 Å². The Labute approximate surface area is 172 Å². The number of piperidine rings is 1. The second-order valence-electron chi connectivity index (χ2n) is 7.29. The van der Waals surface area contributed by atoms with Gasteiger partial charge < -0.3 is 14.4 Å². The van der Waals surface area contributed by atoms with E-state index >= 15 is 0 Å². The number of rotatable bonds is 4. The fourth-order valence-corrected chi connectivity index (χ4v) is 4.61. The van der Waals surface area contributed by atoms with Crippen molar-refractivity contribution in [2.75, 3.05) is 26.3 Å². The number of ether oxygens (including phenoxy) is 2. The summed E-state index contributed by atoms with van der Waals surface area (Å²) in [6, 6.07) is 9.93. The molecule has 0 atom stereocenters. The molecule has 2 fully saturated rings. The molecule has 8 heteroatoms. The molecular weight excluding hydrogens is 388 g/mol. The number of benzene rings is 1. The molecule has 1 amide bonds. The Bertz CT molecular complexity index is 973. The van der Waals surface area contributed by atoms with Crippen LogP contribution in [0.25, 0.3) is 16.3 Å². The summed E-state index contributed by atoms with van der Waals surface area (Å²) in [4.78, 5) is 19.4. The van der Waals surface area contributed by atoms with E-state index in [0.29, 0.717) is 37.9 Å². The van der Waals surface area contributed by atoms with Crippen LogP contribution in [0.5, 0.6) is 0 Å². The number of para-hydroxylation sites is 1. The van der Waals surface area contributed by atoms with Crippen LogP contribution in [0.1, 0.15) is 23.3 Å². The van der Waals surface area contributed by atoms with Crippen LogP contribution in [0.4, 0.5) is 0 Å². The quantitative estimate of drug-likeness (QED) is 0.661. The van der Waals surface area contributed by atoms with Gasteiger partial charge >= 0.3 is 0 Å². The van der Waals surface area contributed by atoms with E-state index in [-0.39, 0.29) is 12.2 Å². The van der Waals surface area contributed by atoms with Gasteiger partial charge in [-0.15, -0.1) is 11.3 Å². The van der Waals surface area contributed by atoms with Gasteiger partial charge in [0, 0.05) is 36.1 Å². The third-order valence-electron chi connectivity index (χ3n) is 5.43. The van der Waals surface area contributed by atoms with Gasteiger partial charge in [0.05, 0.1) is 25.1 Å².